The van der Waals surface area contributed by atoms with Crippen LogP contribution in [0.3, 0.4) is 0 Å². The van der Waals surface area contributed by atoms with Gasteiger partial charge in [-0.15, -0.1) is 22.1 Å². The van der Waals surface area contributed by atoms with Gasteiger partial charge in [-0.1, -0.05) is 91.6 Å². The number of allylic oxidation sites excluding steroid dienone is 9. The molecule has 6 aromatic heterocycles. The molecule has 4 aliphatic heterocycles. The second-order valence-corrected chi connectivity index (χ2v) is 21.3. The van der Waals surface area contributed by atoms with E-state index < -0.39 is 23.9 Å². The molecule has 0 saturated carbocycles. The van der Waals surface area contributed by atoms with Crippen LogP contribution in [0.5, 0.6) is 0 Å². The van der Waals surface area contributed by atoms with Gasteiger partial charge in [-0.05, 0) is 161 Å². The fraction of sp³-hybridized carbons (Fsp3) is 0.235. The van der Waals surface area contributed by atoms with Gasteiger partial charge in [0.25, 0.3) is 0 Å². The van der Waals surface area contributed by atoms with Gasteiger partial charge in [0.15, 0.2) is 0 Å². The monoisotopic (exact) mass is 1390 g/mol. The Labute approximate surface area is 528 Å². The van der Waals surface area contributed by atoms with E-state index in [1.807, 2.05) is 110 Å². The van der Waals surface area contributed by atoms with E-state index in [2.05, 4.69) is 42.4 Å². The molecule has 0 unspecified atom stereocenters. The molecule has 0 aromatic carbocycles. The second kappa shape index (κ2) is 26.8. The Morgan fingerprint density at radius 3 is 1.24 bits per heavy atom. The van der Waals surface area contributed by atoms with Crippen molar-refractivity contribution in [3.8, 4) is 0 Å². The number of hydrogen-bond donors (Lipinski definition) is 6. The van der Waals surface area contributed by atoms with Crippen molar-refractivity contribution < 1.29 is 56.7 Å². The van der Waals surface area contributed by atoms with Crippen molar-refractivity contribution in [2.75, 3.05) is 0 Å². The van der Waals surface area contributed by atoms with Crippen LogP contribution in [0.1, 0.15) is 163 Å². The summed E-state index contributed by atoms with van der Waals surface area (Å²) in [7, 11) is 0. The van der Waals surface area contributed by atoms with Gasteiger partial charge in [-0.25, -0.2) is 19.9 Å². The van der Waals surface area contributed by atoms with E-state index in [1.54, 1.807) is 12.2 Å². The summed E-state index contributed by atoms with van der Waals surface area (Å²) in [6.07, 6.45) is 8.26. The van der Waals surface area contributed by atoms with Gasteiger partial charge >= 0.3 is 40.9 Å². The van der Waals surface area contributed by atoms with Crippen LogP contribution in [0.25, 0.3) is 107 Å². The standard InChI is InChI=1S/2C34H34N4O4.Fe.Pb/c2*1-7-21-17(3)25-13-26-19(5)23(9-11-33(39)40)31(37-26)16-32-24(10-12-34(41)42)20(6)28(38-32)15-30-22(8-2)18(4)27(36-30)14-29(21)35-25;;/h7-8,13-16H,1-2,9-12H2,3-6H3,(H4,35,36,37,38,39,40,41,42);7-8,13-16,35-36H,1-2,9-12H2,3-6H3,(H,39,40)(H,41,42);;/q;;+2;/p-2. The summed E-state index contributed by atoms with van der Waals surface area (Å²) in [5, 5.41) is 37.8. The minimum absolute atomic E-state index is 0. The summed E-state index contributed by atoms with van der Waals surface area (Å²) in [4.78, 5) is 82.8. The predicted molar refractivity (Wildman–Crippen MR) is 342 cm³/mol. The molecule has 0 spiro atoms. The van der Waals surface area contributed by atoms with E-state index in [9.17, 15) is 39.6 Å². The summed E-state index contributed by atoms with van der Waals surface area (Å²) in [5.41, 5.74) is 26.3. The summed E-state index contributed by atoms with van der Waals surface area (Å²) in [6, 6.07) is 15.5. The van der Waals surface area contributed by atoms with Gasteiger partial charge in [0, 0.05) is 91.7 Å². The van der Waals surface area contributed by atoms with Crippen molar-refractivity contribution in [2.45, 2.75) is 107 Å². The third kappa shape index (κ3) is 13.0. The molecule has 6 N–H and O–H groups in total. The number of aromatic amines is 2. The number of nitrogens with one attached hydrogen (secondary N) is 2. The first-order valence-electron chi connectivity index (χ1n) is 27.6. The molecule has 0 amide bonds. The number of carbonyl (C=O) groups is 4. The van der Waals surface area contributed by atoms with Crippen LogP contribution in [0, 0.1) is 27.7 Å². The molecule has 6 aromatic rings. The zero-order chi connectivity index (χ0) is 60.6. The van der Waals surface area contributed by atoms with Crippen molar-refractivity contribution in [3.63, 3.8) is 0 Å². The zero-order valence-electron chi connectivity index (χ0n) is 49.4. The first kappa shape index (κ1) is 65.0. The van der Waals surface area contributed by atoms with Crippen LogP contribution >= 0.6 is 0 Å². The van der Waals surface area contributed by atoms with E-state index in [4.69, 9.17) is 29.9 Å². The van der Waals surface area contributed by atoms with Crippen LogP contribution < -0.4 is 9.97 Å². The maximum Gasteiger partial charge on any atom is 2.00 e. The van der Waals surface area contributed by atoms with Crippen LogP contribution in [0.2, 0.25) is 0 Å². The van der Waals surface area contributed by atoms with Gasteiger partial charge in [0.2, 0.25) is 0 Å². The molecular weight excluding hydrogens is 1320 g/mol. The molecule has 4 aliphatic rings. The van der Waals surface area contributed by atoms with Crippen LogP contribution in [0.15, 0.2) is 80.9 Å². The number of aryl methyl sites for hydroxylation is 5. The Balaban J connectivity index is 0.000000240. The number of fused-ring (bicyclic) bond motifs is 16. The molecule has 10 heterocycles. The van der Waals surface area contributed by atoms with Crippen LogP contribution in [0.4, 0.5) is 0 Å². The van der Waals surface area contributed by atoms with Gasteiger partial charge in [-0.3, -0.25) is 19.2 Å². The minimum atomic E-state index is -0.898. The van der Waals surface area contributed by atoms with E-state index in [0.717, 1.165) is 139 Å². The molecule has 16 bridgehead atoms. The molecule has 0 fully saturated rings. The maximum absolute atomic E-state index is 11.5. The molecular formula is C68H66FeN8O8Pb. The van der Waals surface area contributed by atoms with Gasteiger partial charge in [0.1, 0.15) is 0 Å². The van der Waals surface area contributed by atoms with Crippen molar-refractivity contribution in [2.24, 2.45) is 0 Å². The summed E-state index contributed by atoms with van der Waals surface area (Å²) in [6.45, 7) is 32.0. The Bertz CT molecular complexity index is 4410. The van der Waals surface area contributed by atoms with Gasteiger partial charge < -0.3 is 40.4 Å². The molecule has 16 nitrogen and oxygen atoms in total. The quantitative estimate of drug-likeness (QED) is 0.0493. The SMILES string of the molecule is C=CC1=C(C)c2cc3[n-]c(cc4nc(cc5[n-]c(cc1n2)c(C)c5C=C)C(C)=C4CCC(=O)O)c(CCC(=O)O)c3C.C=Cc1c(C)c2cc3[nH]c(cc4nc(cc5nc(cc1[nH]2)C(C)=C5CCC(=O)O)C(CCC(=O)O)=C4C)c(C)c3C=C.[Fe+2].[Pb]. The Morgan fingerprint density at radius 2 is 0.767 bits per heavy atom. The number of carboxylic acid groups (broad SMARTS) is 4. The fourth-order valence-corrected chi connectivity index (χ4v) is 11.4. The number of H-pyrrole nitrogens is 2. The average molecular weight is 1390 g/mol. The molecule has 0 aliphatic carbocycles. The Kier molecular flexibility index (Phi) is 20.3. The van der Waals surface area contributed by atoms with Crippen molar-refractivity contribution in [1.82, 2.24) is 39.9 Å². The van der Waals surface area contributed by atoms with Crippen LogP contribution in [-0.2, 0) is 42.7 Å². The van der Waals surface area contributed by atoms with Crippen LogP contribution in [-0.4, -0.2) is 102 Å². The van der Waals surface area contributed by atoms with Gasteiger partial charge in [-0.2, -0.15) is 0 Å². The Morgan fingerprint density at radius 1 is 0.407 bits per heavy atom. The van der Waals surface area contributed by atoms with Gasteiger partial charge in [0.05, 0.1) is 45.6 Å². The number of hydrogen-bond acceptors (Lipinski definition) is 8. The first-order valence-corrected chi connectivity index (χ1v) is 27.6. The van der Waals surface area contributed by atoms with E-state index in [0.29, 0.717) is 65.0 Å². The number of aliphatic carboxylic acids is 4. The number of carboxylic acids is 4. The molecule has 438 valence electrons. The largest absolute Gasteiger partial charge is 2.00 e. The number of rotatable bonds is 16. The average Bonchev–Trinajstić information content (AvgIpc) is 1.78. The van der Waals surface area contributed by atoms with Crippen molar-refractivity contribution in [1.29, 1.82) is 0 Å². The molecule has 10 rings (SSSR count). The third-order valence-electron chi connectivity index (χ3n) is 16.3. The third-order valence-corrected chi connectivity index (χ3v) is 16.3. The first-order chi connectivity index (χ1) is 40.0. The molecule has 18 heteroatoms. The smallest absolute Gasteiger partial charge is 0.657 e. The second-order valence-electron chi connectivity index (χ2n) is 21.3. The maximum atomic E-state index is 11.5. The van der Waals surface area contributed by atoms with E-state index in [1.165, 1.54) is 0 Å². The topological polar surface area (TPSA) is 261 Å². The summed E-state index contributed by atoms with van der Waals surface area (Å²) < 4.78 is 0. The molecule has 0 saturated heterocycles. The summed E-state index contributed by atoms with van der Waals surface area (Å²) >= 11 is 0. The molecule has 4 radical (unpaired) electrons. The predicted octanol–water partition coefficient (Wildman–Crippen LogP) is 14.2. The van der Waals surface area contributed by atoms with E-state index >= 15 is 0 Å². The van der Waals surface area contributed by atoms with E-state index in [-0.39, 0.29) is 70.1 Å². The molecule has 86 heavy (non-hydrogen) atoms. The number of nitrogens with zero attached hydrogens (tertiary/aromatic N) is 6. The minimum Gasteiger partial charge on any atom is -0.657 e. The van der Waals surface area contributed by atoms with Crippen molar-refractivity contribution >= 4 is 158 Å². The fourth-order valence-electron chi connectivity index (χ4n) is 11.4. The zero-order valence-corrected chi connectivity index (χ0v) is 54.4. The Hall–Kier alpha value is -8.52. The van der Waals surface area contributed by atoms with Crippen molar-refractivity contribution in [3.05, 3.63) is 171 Å². The normalized spacial score (nSPS) is 12.7. The summed E-state index contributed by atoms with van der Waals surface area (Å²) in [5.74, 6) is -3.57. The number of aromatic nitrogens is 8. The molecule has 0 atom stereocenters.